The van der Waals surface area contributed by atoms with Gasteiger partial charge >= 0.3 is 5.97 Å². The van der Waals surface area contributed by atoms with E-state index < -0.39 is 18.1 Å². The summed E-state index contributed by atoms with van der Waals surface area (Å²) in [7, 11) is 1.28. The van der Waals surface area contributed by atoms with Crippen LogP contribution in [0.1, 0.15) is 24.4 Å². The highest BCUT2D eigenvalue weighted by Crippen LogP contribution is 2.17. The van der Waals surface area contributed by atoms with Gasteiger partial charge in [0.05, 0.1) is 19.2 Å². The Balaban J connectivity index is 2.15. The first-order chi connectivity index (χ1) is 10.1. The third-order valence-corrected chi connectivity index (χ3v) is 3.67. The Kier molecular flexibility index (Phi) is 5.30. The van der Waals surface area contributed by atoms with E-state index in [2.05, 4.69) is 10.6 Å². The Hall–Kier alpha value is -1.92. The van der Waals surface area contributed by atoms with Gasteiger partial charge in [0.15, 0.2) is 0 Å². The molecule has 114 valence electrons. The minimum absolute atomic E-state index is 0.138. The summed E-state index contributed by atoms with van der Waals surface area (Å²) in [5, 5.41) is 5.99. The quantitative estimate of drug-likeness (QED) is 0.669. The maximum absolute atomic E-state index is 12.3. The van der Waals surface area contributed by atoms with E-state index in [4.69, 9.17) is 10.5 Å². The van der Waals surface area contributed by atoms with E-state index >= 15 is 0 Å². The van der Waals surface area contributed by atoms with Gasteiger partial charge in [0, 0.05) is 0 Å². The van der Waals surface area contributed by atoms with Crippen molar-refractivity contribution in [3.8, 4) is 0 Å². The molecule has 0 spiro atoms. The topological polar surface area (TPSA) is 93.4 Å². The van der Waals surface area contributed by atoms with Crippen molar-refractivity contribution in [2.75, 3.05) is 13.7 Å². The van der Waals surface area contributed by atoms with Crippen molar-refractivity contribution in [1.82, 2.24) is 10.6 Å². The van der Waals surface area contributed by atoms with Gasteiger partial charge in [-0.15, -0.1) is 0 Å². The summed E-state index contributed by atoms with van der Waals surface area (Å²) in [6, 6.07) is 7.44. The molecule has 3 atom stereocenters. The van der Waals surface area contributed by atoms with Gasteiger partial charge in [-0.05, 0) is 24.9 Å². The predicted molar refractivity (Wildman–Crippen MR) is 78.3 cm³/mol. The van der Waals surface area contributed by atoms with E-state index in [1.807, 2.05) is 30.3 Å². The SMILES string of the molecule is COC(=O)[C@@H](N)[C@@H](NC(=O)[C@@H]1CCCN1)c1ccccc1. The lowest BCUT2D eigenvalue weighted by atomic mass is 9.99. The third kappa shape index (κ3) is 3.80. The van der Waals surface area contributed by atoms with Crippen LogP contribution >= 0.6 is 0 Å². The molecular weight excluding hydrogens is 270 g/mol. The number of hydrogen-bond donors (Lipinski definition) is 3. The van der Waals surface area contributed by atoms with Crippen LogP contribution in [0.25, 0.3) is 0 Å². The van der Waals surface area contributed by atoms with Crippen molar-refractivity contribution < 1.29 is 14.3 Å². The van der Waals surface area contributed by atoms with Crippen LogP contribution in [0.5, 0.6) is 0 Å². The van der Waals surface area contributed by atoms with Crippen LogP contribution in [0.3, 0.4) is 0 Å². The van der Waals surface area contributed by atoms with E-state index in [-0.39, 0.29) is 11.9 Å². The van der Waals surface area contributed by atoms with Crippen molar-refractivity contribution in [3.63, 3.8) is 0 Å². The number of carbonyl (C=O) groups excluding carboxylic acids is 2. The summed E-state index contributed by atoms with van der Waals surface area (Å²) in [6.07, 6.45) is 1.76. The predicted octanol–water partition coefficient (Wildman–Crippen LogP) is 0.0962. The number of nitrogens with two attached hydrogens (primary N) is 1. The van der Waals surface area contributed by atoms with Crippen molar-refractivity contribution in [3.05, 3.63) is 35.9 Å². The van der Waals surface area contributed by atoms with Gasteiger partial charge in [-0.25, -0.2) is 0 Å². The minimum Gasteiger partial charge on any atom is -0.468 e. The van der Waals surface area contributed by atoms with E-state index in [1.54, 1.807) is 0 Å². The second kappa shape index (κ2) is 7.19. The molecule has 6 nitrogen and oxygen atoms in total. The Labute approximate surface area is 124 Å². The minimum atomic E-state index is -0.942. The summed E-state index contributed by atoms with van der Waals surface area (Å²) in [6.45, 7) is 0.831. The second-order valence-corrected chi connectivity index (χ2v) is 5.09. The fraction of sp³-hybridized carbons (Fsp3) is 0.467. The molecule has 0 aliphatic carbocycles. The fourth-order valence-electron chi connectivity index (χ4n) is 2.48. The molecule has 0 aromatic heterocycles. The molecule has 1 fully saturated rings. The maximum atomic E-state index is 12.3. The molecule has 1 aromatic rings. The van der Waals surface area contributed by atoms with Crippen LogP contribution in [0.2, 0.25) is 0 Å². The second-order valence-electron chi connectivity index (χ2n) is 5.09. The molecule has 21 heavy (non-hydrogen) atoms. The number of amides is 1. The molecule has 1 aliphatic heterocycles. The number of nitrogens with one attached hydrogen (secondary N) is 2. The van der Waals surface area contributed by atoms with E-state index in [9.17, 15) is 9.59 Å². The summed E-state index contributed by atoms with van der Waals surface area (Å²) in [5.74, 6) is -0.691. The van der Waals surface area contributed by atoms with Gasteiger partial charge in [-0.1, -0.05) is 30.3 Å². The molecule has 0 unspecified atom stereocenters. The van der Waals surface area contributed by atoms with Crippen LogP contribution in [0, 0.1) is 0 Å². The number of esters is 1. The van der Waals surface area contributed by atoms with Gasteiger partial charge in [0.25, 0.3) is 0 Å². The summed E-state index contributed by atoms with van der Waals surface area (Å²) in [5.41, 5.74) is 6.72. The van der Waals surface area contributed by atoms with Crippen molar-refractivity contribution in [2.24, 2.45) is 5.73 Å². The number of carbonyl (C=O) groups is 2. The largest absolute Gasteiger partial charge is 0.468 e. The van der Waals surface area contributed by atoms with Gasteiger partial charge in [0.1, 0.15) is 6.04 Å². The van der Waals surface area contributed by atoms with Gasteiger partial charge < -0.3 is 21.1 Å². The number of hydrogen-bond acceptors (Lipinski definition) is 5. The zero-order chi connectivity index (χ0) is 15.2. The van der Waals surface area contributed by atoms with Crippen molar-refractivity contribution >= 4 is 11.9 Å². The molecule has 0 saturated carbocycles. The molecule has 1 heterocycles. The number of benzene rings is 1. The monoisotopic (exact) mass is 291 g/mol. The van der Waals surface area contributed by atoms with Crippen LogP contribution < -0.4 is 16.4 Å². The van der Waals surface area contributed by atoms with Crippen LogP contribution in [0.4, 0.5) is 0 Å². The molecule has 1 aromatic carbocycles. The lowest BCUT2D eigenvalue weighted by Gasteiger charge is -2.25. The summed E-state index contributed by atoms with van der Waals surface area (Å²) in [4.78, 5) is 24.0. The molecule has 0 bridgehead atoms. The Morgan fingerprint density at radius 2 is 2.10 bits per heavy atom. The van der Waals surface area contributed by atoms with Crippen LogP contribution in [-0.4, -0.2) is 37.6 Å². The molecule has 4 N–H and O–H groups in total. The molecular formula is C15H21N3O3. The normalized spacial score (nSPS) is 20.6. The summed E-state index contributed by atoms with van der Waals surface area (Å²) >= 11 is 0. The zero-order valence-electron chi connectivity index (χ0n) is 12.0. The van der Waals surface area contributed by atoms with Gasteiger partial charge in [-0.3, -0.25) is 9.59 Å². The average Bonchev–Trinajstić information content (AvgIpc) is 3.06. The number of rotatable bonds is 5. The molecule has 1 aliphatic rings. The average molecular weight is 291 g/mol. The molecule has 6 heteroatoms. The third-order valence-electron chi connectivity index (χ3n) is 3.67. The lowest BCUT2D eigenvalue weighted by molar-refractivity contribution is -0.143. The standard InChI is InChI=1S/C15H21N3O3/c1-21-15(20)12(16)13(10-6-3-2-4-7-10)18-14(19)11-8-5-9-17-11/h2-4,6-7,11-13,17H,5,8-9,16H2,1H3,(H,18,19)/t11-,12-,13-/m0/s1. The van der Waals surface area contributed by atoms with Crippen LogP contribution in [0.15, 0.2) is 30.3 Å². The van der Waals surface area contributed by atoms with E-state index in [1.165, 1.54) is 7.11 Å². The Morgan fingerprint density at radius 1 is 1.38 bits per heavy atom. The highest BCUT2D eigenvalue weighted by molar-refractivity contribution is 5.84. The van der Waals surface area contributed by atoms with Crippen molar-refractivity contribution in [1.29, 1.82) is 0 Å². The highest BCUT2D eigenvalue weighted by atomic mass is 16.5. The molecule has 1 saturated heterocycles. The number of ether oxygens (including phenoxy) is 1. The molecule has 2 rings (SSSR count). The summed E-state index contributed by atoms with van der Waals surface area (Å²) < 4.78 is 4.69. The van der Waals surface area contributed by atoms with E-state index in [0.29, 0.717) is 0 Å². The Bertz CT molecular complexity index is 486. The first-order valence-electron chi connectivity index (χ1n) is 7.05. The number of methoxy groups -OCH3 is 1. The smallest absolute Gasteiger partial charge is 0.325 e. The first kappa shape index (κ1) is 15.5. The molecule has 0 radical (unpaired) electrons. The van der Waals surface area contributed by atoms with Crippen LogP contribution in [-0.2, 0) is 14.3 Å². The van der Waals surface area contributed by atoms with Gasteiger partial charge in [-0.2, -0.15) is 0 Å². The highest BCUT2D eigenvalue weighted by Gasteiger charge is 2.31. The fourth-order valence-corrected chi connectivity index (χ4v) is 2.48. The van der Waals surface area contributed by atoms with Gasteiger partial charge in [0.2, 0.25) is 5.91 Å². The van der Waals surface area contributed by atoms with E-state index in [0.717, 1.165) is 24.9 Å². The molecule has 1 amide bonds. The maximum Gasteiger partial charge on any atom is 0.325 e. The first-order valence-corrected chi connectivity index (χ1v) is 7.05. The Morgan fingerprint density at radius 3 is 2.67 bits per heavy atom. The van der Waals surface area contributed by atoms with Crippen molar-refractivity contribution in [2.45, 2.75) is 31.0 Å². The zero-order valence-corrected chi connectivity index (χ0v) is 12.0. The lowest BCUT2D eigenvalue weighted by Crippen LogP contribution is -2.50.